The first-order chi connectivity index (χ1) is 10.7. The highest BCUT2D eigenvalue weighted by molar-refractivity contribution is 5.79. The number of amides is 2. The molecular formula is C16H28N4O2. The quantitative estimate of drug-likeness (QED) is 0.735. The summed E-state index contributed by atoms with van der Waals surface area (Å²) in [4.78, 5) is 30.3. The number of rotatable bonds is 6. The predicted octanol–water partition coefficient (Wildman–Crippen LogP) is -0.247. The Bertz CT molecular complexity index is 397. The smallest absolute Gasteiger partial charge is 0.236 e. The molecule has 0 aromatic carbocycles. The topological polar surface area (TPSA) is 55.9 Å². The van der Waals surface area contributed by atoms with Gasteiger partial charge in [-0.25, -0.2) is 0 Å². The van der Waals surface area contributed by atoms with Gasteiger partial charge in [-0.05, 0) is 38.1 Å². The van der Waals surface area contributed by atoms with Gasteiger partial charge in [-0.15, -0.1) is 0 Å². The fourth-order valence-corrected chi connectivity index (χ4v) is 3.23. The molecule has 2 heterocycles. The SMILES string of the molecule is O=C(CNCC1CC1)N1CCN(CC(=O)N2CCCC2)CC1. The predicted molar refractivity (Wildman–Crippen MR) is 84.4 cm³/mol. The molecule has 1 saturated carbocycles. The minimum atomic E-state index is 0.200. The van der Waals surface area contributed by atoms with Gasteiger partial charge in [0, 0.05) is 39.3 Å². The molecule has 6 heteroatoms. The molecule has 124 valence electrons. The third-order valence-electron chi connectivity index (χ3n) is 4.95. The summed E-state index contributed by atoms with van der Waals surface area (Å²) in [5, 5.41) is 3.26. The summed E-state index contributed by atoms with van der Waals surface area (Å²) >= 11 is 0. The van der Waals surface area contributed by atoms with Crippen LogP contribution in [0.25, 0.3) is 0 Å². The van der Waals surface area contributed by atoms with E-state index in [1.54, 1.807) is 0 Å². The van der Waals surface area contributed by atoms with Crippen molar-refractivity contribution in [1.82, 2.24) is 20.0 Å². The maximum Gasteiger partial charge on any atom is 0.236 e. The largest absolute Gasteiger partial charge is 0.342 e. The Morgan fingerprint density at radius 1 is 0.864 bits per heavy atom. The maximum absolute atomic E-state index is 12.1. The van der Waals surface area contributed by atoms with Gasteiger partial charge in [0.15, 0.2) is 0 Å². The minimum Gasteiger partial charge on any atom is -0.342 e. The second-order valence-corrected chi connectivity index (χ2v) is 6.82. The van der Waals surface area contributed by atoms with Crippen molar-refractivity contribution in [2.75, 3.05) is 58.9 Å². The molecule has 0 bridgehead atoms. The van der Waals surface area contributed by atoms with Crippen LogP contribution in [0, 0.1) is 5.92 Å². The molecule has 0 aromatic heterocycles. The second-order valence-electron chi connectivity index (χ2n) is 6.82. The Morgan fingerprint density at radius 2 is 1.50 bits per heavy atom. The van der Waals surface area contributed by atoms with Crippen molar-refractivity contribution >= 4 is 11.8 Å². The van der Waals surface area contributed by atoms with Gasteiger partial charge >= 0.3 is 0 Å². The van der Waals surface area contributed by atoms with E-state index in [2.05, 4.69) is 10.2 Å². The number of hydrogen-bond acceptors (Lipinski definition) is 4. The molecule has 1 aliphatic carbocycles. The normalized spacial score (nSPS) is 23.1. The van der Waals surface area contributed by atoms with Gasteiger partial charge in [-0.2, -0.15) is 0 Å². The summed E-state index contributed by atoms with van der Waals surface area (Å²) in [5.74, 6) is 1.26. The summed E-state index contributed by atoms with van der Waals surface area (Å²) in [7, 11) is 0. The van der Waals surface area contributed by atoms with Crippen molar-refractivity contribution in [3.63, 3.8) is 0 Å². The summed E-state index contributed by atoms with van der Waals surface area (Å²) < 4.78 is 0. The molecule has 6 nitrogen and oxygen atoms in total. The van der Waals surface area contributed by atoms with E-state index in [-0.39, 0.29) is 11.8 Å². The first-order valence-corrected chi connectivity index (χ1v) is 8.71. The van der Waals surface area contributed by atoms with Crippen LogP contribution in [0.5, 0.6) is 0 Å². The molecule has 0 unspecified atom stereocenters. The molecule has 2 saturated heterocycles. The van der Waals surface area contributed by atoms with E-state index < -0.39 is 0 Å². The summed E-state index contributed by atoms with van der Waals surface area (Å²) in [5.41, 5.74) is 0. The number of piperazine rings is 1. The van der Waals surface area contributed by atoms with E-state index >= 15 is 0 Å². The van der Waals surface area contributed by atoms with E-state index in [0.29, 0.717) is 13.1 Å². The van der Waals surface area contributed by atoms with Crippen LogP contribution in [0.15, 0.2) is 0 Å². The lowest BCUT2D eigenvalue weighted by molar-refractivity contribution is -0.134. The van der Waals surface area contributed by atoms with Gasteiger partial charge in [0.1, 0.15) is 0 Å². The third-order valence-corrected chi connectivity index (χ3v) is 4.95. The fraction of sp³-hybridized carbons (Fsp3) is 0.875. The number of nitrogens with one attached hydrogen (secondary N) is 1. The van der Waals surface area contributed by atoms with Gasteiger partial charge in [0.05, 0.1) is 13.1 Å². The Balaban J connectivity index is 1.32. The Kier molecular flexibility index (Phi) is 5.31. The van der Waals surface area contributed by atoms with E-state index in [1.807, 2.05) is 9.80 Å². The van der Waals surface area contributed by atoms with Crippen LogP contribution in [0.3, 0.4) is 0 Å². The van der Waals surface area contributed by atoms with Crippen molar-refractivity contribution in [2.24, 2.45) is 5.92 Å². The molecule has 1 N–H and O–H groups in total. The zero-order valence-corrected chi connectivity index (χ0v) is 13.4. The number of carbonyl (C=O) groups excluding carboxylic acids is 2. The van der Waals surface area contributed by atoms with Gasteiger partial charge < -0.3 is 15.1 Å². The van der Waals surface area contributed by atoms with Crippen LogP contribution in [-0.2, 0) is 9.59 Å². The zero-order valence-electron chi connectivity index (χ0n) is 13.4. The highest BCUT2D eigenvalue weighted by atomic mass is 16.2. The van der Waals surface area contributed by atoms with Crippen molar-refractivity contribution in [2.45, 2.75) is 25.7 Å². The Morgan fingerprint density at radius 3 is 2.14 bits per heavy atom. The third kappa shape index (κ3) is 4.43. The first kappa shape index (κ1) is 15.7. The lowest BCUT2D eigenvalue weighted by Gasteiger charge is -2.35. The van der Waals surface area contributed by atoms with Gasteiger partial charge in [0.2, 0.25) is 11.8 Å². The standard InChI is InChI=1S/C16H28N4O2/c21-15(12-17-11-14-3-4-14)20-9-7-18(8-10-20)13-16(22)19-5-1-2-6-19/h14,17H,1-13H2. The van der Waals surface area contributed by atoms with E-state index in [4.69, 9.17) is 0 Å². The number of carbonyl (C=O) groups is 2. The van der Waals surface area contributed by atoms with E-state index in [0.717, 1.165) is 64.6 Å². The molecule has 3 fully saturated rings. The molecule has 0 aromatic rings. The van der Waals surface area contributed by atoms with Crippen LogP contribution in [0.2, 0.25) is 0 Å². The number of nitrogens with zero attached hydrogens (tertiary/aromatic N) is 3. The van der Waals surface area contributed by atoms with Gasteiger partial charge in [0.25, 0.3) is 0 Å². The summed E-state index contributed by atoms with van der Waals surface area (Å²) in [6, 6.07) is 0. The molecule has 3 rings (SSSR count). The fourth-order valence-electron chi connectivity index (χ4n) is 3.23. The Hall–Kier alpha value is -1.14. The maximum atomic E-state index is 12.1. The zero-order chi connectivity index (χ0) is 15.4. The van der Waals surface area contributed by atoms with E-state index in [9.17, 15) is 9.59 Å². The molecule has 0 radical (unpaired) electrons. The van der Waals surface area contributed by atoms with Crippen molar-refractivity contribution in [1.29, 1.82) is 0 Å². The van der Waals surface area contributed by atoms with E-state index in [1.165, 1.54) is 12.8 Å². The van der Waals surface area contributed by atoms with Crippen molar-refractivity contribution in [3.8, 4) is 0 Å². The van der Waals surface area contributed by atoms with Crippen LogP contribution >= 0.6 is 0 Å². The number of likely N-dealkylation sites (tertiary alicyclic amines) is 1. The highest BCUT2D eigenvalue weighted by Crippen LogP contribution is 2.27. The lowest BCUT2D eigenvalue weighted by Crippen LogP contribution is -2.52. The van der Waals surface area contributed by atoms with Gasteiger partial charge in [-0.3, -0.25) is 14.5 Å². The summed E-state index contributed by atoms with van der Waals surface area (Å²) in [6.07, 6.45) is 4.90. The van der Waals surface area contributed by atoms with Crippen molar-refractivity contribution < 1.29 is 9.59 Å². The van der Waals surface area contributed by atoms with Crippen LogP contribution in [-0.4, -0.2) is 85.4 Å². The molecule has 0 spiro atoms. The average molecular weight is 308 g/mol. The molecule has 2 amide bonds. The van der Waals surface area contributed by atoms with Crippen molar-refractivity contribution in [3.05, 3.63) is 0 Å². The first-order valence-electron chi connectivity index (χ1n) is 8.71. The molecule has 3 aliphatic rings. The lowest BCUT2D eigenvalue weighted by atomic mass is 10.3. The Labute approximate surface area is 132 Å². The monoisotopic (exact) mass is 308 g/mol. The van der Waals surface area contributed by atoms with Crippen LogP contribution < -0.4 is 5.32 Å². The van der Waals surface area contributed by atoms with Crippen LogP contribution in [0.1, 0.15) is 25.7 Å². The summed E-state index contributed by atoms with van der Waals surface area (Å²) in [6.45, 7) is 6.92. The van der Waals surface area contributed by atoms with Gasteiger partial charge in [-0.1, -0.05) is 0 Å². The second kappa shape index (κ2) is 7.42. The number of hydrogen-bond donors (Lipinski definition) is 1. The molecule has 2 aliphatic heterocycles. The minimum absolute atomic E-state index is 0.200. The molecular weight excluding hydrogens is 280 g/mol. The van der Waals surface area contributed by atoms with Crippen LogP contribution in [0.4, 0.5) is 0 Å². The molecule has 0 atom stereocenters. The molecule has 22 heavy (non-hydrogen) atoms. The highest BCUT2D eigenvalue weighted by Gasteiger charge is 2.25. The average Bonchev–Trinajstić information content (AvgIpc) is 3.18.